The summed E-state index contributed by atoms with van der Waals surface area (Å²) >= 11 is 3.43. The molecule has 1 atom stereocenters. The summed E-state index contributed by atoms with van der Waals surface area (Å²) in [7, 11) is 0. The molecule has 0 radical (unpaired) electrons. The molecule has 0 N–H and O–H groups in total. The molecule has 0 saturated carbocycles. The Labute approximate surface area is 122 Å². The molecule has 0 fully saturated rings. The lowest BCUT2D eigenvalue weighted by atomic mass is 9.94. The highest BCUT2D eigenvalue weighted by molar-refractivity contribution is 9.10. The zero-order valence-corrected chi connectivity index (χ0v) is 12.6. The highest BCUT2D eigenvalue weighted by atomic mass is 79.9. The summed E-state index contributed by atoms with van der Waals surface area (Å²) in [5.74, 6) is 0.699. The number of rotatable bonds is 2. The molecule has 0 spiro atoms. The molecule has 3 rings (SSSR count). The van der Waals surface area contributed by atoms with Crippen molar-refractivity contribution in [3.63, 3.8) is 0 Å². The van der Waals surface area contributed by atoms with Crippen LogP contribution in [0.3, 0.4) is 0 Å². The number of para-hydroxylation sites is 1. The first kappa shape index (κ1) is 12.7. The maximum atomic E-state index is 4.48. The molecule has 1 aliphatic heterocycles. The molecule has 0 saturated heterocycles. The van der Waals surface area contributed by atoms with Crippen LogP contribution in [0.1, 0.15) is 18.2 Å². The molecule has 2 aromatic rings. The number of nitrogens with zero attached hydrogens (tertiary/aromatic N) is 2. The van der Waals surface area contributed by atoms with E-state index in [9.17, 15) is 0 Å². The Morgan fingerprint density at radius 2 is 2.11 bits per heavy atom. The normalized spacial score (nSPS) is 18.2. The number of hydrogen-bond donors (Lipinski definition) is 0. The molecule has 19 heavy (non-hydrogen) atoms. The molecule has 1 aromatic carbocycles. The van der Waals surface area contributed by atoms with Crippen LogP contribution in [0.15, 0.2) is 47.1 Å². The third kappa shape index (κ3) is 2.81. The smallest absolute Gasteiger partial charge is 0.0602 e. The fraction of sp³-hybridized carbons (Fsp3) is 0.312. The van der Waals surface area contributed by atoms with Gasteiger partial charge >= 0.3 is 0 Å². The maximum Gasteiger partial charge on any atom is 0.0602 e. The Bertz CT molecular complexity index is 565. The molecule has 2 nitrogen and oxygen atoms in total. The van der Waals surface area contributed by atoms with E-state index in [1.165, 1.54) is 17.7 Å². The third-order valence-electron chi connectivity index (χ3n) is 3.57. The minimum atomic E-state index is 0.699. The highest BCUT2D eigenvalue weighted by Crippen LogP contribution is 2.30. The van der Waals surface area contributed by atoms with Gasteiger partial charge in [-0.15, -0.1) is 0 Å². The van der Waals surface area contributed by atoms with E-state index in [1.807, 2.05) is 6.20 Å². The van der Waals surface area contributed by atoms with Crippen molar-refractivity contribution < 1.29 is 0 Å². The quantitative estimate of drug-likeness (QED) is 0.831. The van der Waals surface area contributed by atoms with Crippen molar-refractivity contribution in [2.75, 3.05) is 11.4 Å². The Hall–Kier alpha value is -1.35. The van der Waals surface area contributed by atoms with E-state index in [4.69, 9.17) is 0 Å². The summed E-state index contributed by atoms with van der Waals surface area (Å²) in [5.41, 5.74) is 3.94. The number of fused-ring (bicyclic) bond motifs is 1. The van der Waals surface area contributed by atoms with Crippen molar-refractivity contribution in [2.45, 2.75) is 19.9 Å². The third-order valence-corrected chi connectivity index (χ3v) is 4.04. The van der Waals surface area contributed by atoms with Crippen LogP contribution in [0.5, 0.6) is 0 Å². The number of anilines is 1. The van der Waals surface area contributed by atoms with E-state index in [-0.39, 0.29) is 0 Å². The molecule has 3 heteroatoms. The lowest BCUT2D eigenvalue weighted by Gasteiger charge is -2.34. The number of aromatic nitrogens is 1. The lowest BCUT2D eigenvalue weighted by Crippen LogP contribution is -2.33. The molecule has 0 bridgehead atoms. The number of pyridine rings is 1. The molecular formula is C16H17BrN2. The molecule has 1 aliphatic rings. The van der Waals surface area contributed by atoms with Crippen molar-refractivity contribution >= 4 is 21.6 Å². The van der Waals surface area contributed by atoms with E-state index in [2.05, 4.69) is 69.1 Å². The Balaban J connectivity index is 1.86. The van der Waals surface area contributed by atoms with Gasteiger partial charge in [0.2, 0.25) is 0 Å². The molecule has 0 amide bonds. The summed E-state index contributed by atoms with van der Waals surface area (Å²) in [6.45, 7) is 4.31. The number of halogens is 1. The monoisotopic (exact) mass is 316 g/mol. The zero-order valence-electron chi connectivity index (χ0n) is 11.0. The molecule has 1 aromatic heterocycles. The van der Waals surface area contributed by atoms with Gasteiger partial charge in [0.25, 0.3) is 0 Å². The van der Waals surface area contributed by atoms with Gasteiger partial charge < -0.3 is 4.90 Å². The number of hydrogen-bond acceptors (Lipinski definition) is 2. The van der Waals surface area contributed by atoms with Gasteiger partial charge in [-0.2, -0.15) is 0 Å². The standard InChI is InChI=1S/C16H17BrN2/c1-12-8-13-4-2-3-5-16(13)19(10-12)11-15-7-6-14(17)9-18-15/h2-7,9,12H,8,10-11H2,1H3. The van der Waals surface area contributed by atoms with Gasteiger partial charge in [-0.3, -0.25) is 4.98 Å². The van der Waals surface area contributed by atoms with Gasteiger partial charge in [-0.25, -0.2) is 0 Å². The minimum Gasteiger partial charge on any atom is -0.365 e. The SMILES string of the molecule is CC1Cc2ccccc2N(Cc2ccc(Br)cn2)C1. The first-order chi connectivity index (χ1) is 9.22. The molecular weight excluding hydrogens is 300 g/mol. The predicted molar refractivity (Wildman–Crippen MR) is 82.3 cm³/mol. The largest absolute Gasteiger partial charge is 0.365 e. The van der Waals surface area contributed by atoms with Crippen LogP contribution >= 0.6 is 15.9 Å². The van der Waals surface area contributed by atoms with Crippen molar-refractivity contribution in [2.24, 2.45) is 5.92 Å². The summed E-state index contributed by atoms with van der Waals surface area (Å²) in [6, 6.07) is 12.9. The van der Waals surface area contributed by atoms with Gasteiger partial charge in [0.1, 0.15) is 0 Å². The molecule has 1 unspecified atom stereocenters. The summed E-state index contributed by atoms with van der Waals surface area (Å²) in [6.07, 6.45) is 3.05. The average Bonchev–Trinajstić information content (AvgIpc) is 2.41. The van der Waals surface area contributed by atoms with Crippen LogP contribution in [-0.4, -0.2) is 11.5 Å². The van der Waals surface area contributed by atoms with Crippen LogP contribution in [0, 0.1) is 5.92 Å². The fourth-order valence-electron chi connectivity index (χ4n) is 2.75. The first-order valence-electron chi connectivity index (χ1n) is 6.65. The van der Waals surface area contributed by atoms with Crippen molar-refractivity contribution in [1.29, 1.82) is 0 Å². The lowest BCUT2D eigenvalue weighted by molar-refractivity contribution is 0.528. The van der Waals surface area contributed by atoms with Crippen LogP contribution in [-0.2, 0) is 13.0 Å². The topological polar surface area (TPSA) is 16.1 Å². The van der Waals surface area contributed by atoms with Crippen LogP contribution in [0.2, 0.25) is 0 Å². The summed E-state index contributed by atoms with van der Waals surface area (Å²) in [4.78, 5) is 6.93. The van der Waals surface area contributed by atoms with Crippen molar-refractivity contribution in [1.82, 2.24) is 4.98 Å². The fourth-order valence-corrected chi connectivity index (χ4v) is 2.99. The average molecular weight is 317 g/mol. The van der Waals surface area contributed by atoms with Gasteiger partial charge in [0.15, 0.2) is 0 Å². The van der Waals surface area contributed by atoms with Crippen LogP contribution in [0.4, 0.5) is 5.69 Å². The Kier molecular flexibility index (Phi) is 3.56. The maximum absolute atomic E-state index is 4.48. The van der Waals surface area contributed by atoms with Gasteiger partial charge in [0.05, 0.1) is 12.2 Å². The zero-order chi connectivity index (χ0) is 13.2. The second-order valence-corrected chi connectivity index (χ2v) is 6.20. The first-order valence-corrected chi connectivity index (χ1v) is 7.45. The van der Waals surface area contributed by atoms with Gasteiger partial charge in [0, 0.05) is 22.9 Å². The summed E-state index contributed by atoms with van der Waals surface area (Å²) in [5, 5.41) is 0. The van der Waals surface area contributed by atoms with E-state index in [0.717, 1.165) is 23.3 Å². The second-order valence-electron chi connectivity index (χ2n) is 5.29. The van der Waals surface area contributed by atoms with Gasteiger partial charge in [-0.1, -0.05) is 25.1 Å². The van der Waals surface area contributed by atoms with E-state index in [0.29, 0.717) is 5.92 Å². The van der Waals surface area contributed by atoms with Crippen molar-refractivity contribution in [3.05, 3.63) is 58.3 Å². The highest BCUT2D eigenvalue weighted by Gasteiger charge is 2.21. The Morgan fingerprint density at radius 3 is 2.89 bits per heavy atom. The van der Waals surface area contributed by atoms with E-state index >= 15 is 0 Å². The Morgan fingerprint density at radius 1 is 1.26 bits per heavy atom. The predicted octanol–water partition coefficient (Wildman–Crippen LogP) is 4.04. The summed E-state index contributed by atoms with van der Waals surface area (Å²) < 4.78 is 1.03. The van der Waals surface area contributed by atoms with E-state index < -0.39 is 0 Å². The molecule has 2 heterocycles. The van der Waals surface area contributed by atoms with Crippen LogP contribution < -0.4 is 4.90 Å². The van der Waals surface area contributed by atoms with E-state index in [1.54, 1.807) is 0 Å². The van der Waals surface area contributed by atoms with Crippen LogP contribution in [0.25, 0.3) is 0 Å². The molecule has 98 valence electrons. The minimum absolute atomic E-state index is 0.699. The molecule has 0 aliphatic carbocycles. The van der Waals surface area contributed by atoms with Crippen molar-refractivity contribution in [3.8, 4) is 0 Å². The second kappa shape index (κ2) is 5.33. The van der Waals surface area contributed by atoms with Gasteiger partial charge in [-0.05, 0) is 52.0 Å². The number of benzene rings is 1.